The van der Waals surface area contributed by atoms with Gasteiger partial charge in [0.25, 0.3) is 0 Å². The fraction of sp³-hybridized carbons (Fsp3) is 0.545. The summed E-state index contributed by atoms with van der Waals surface area (Å²) in [6.45, 7) is 1.33. The predicted molar refractivity (Wildman–Crippen MR) is 72.4 cm³/mol. The quantitative estimate of drug-likeness (QED) is 0.856. The van der Waals surface area contributed by atoms with Gasteiger partial charge in [-0.3, -0.25) is 9.67 Å². The van der Waals surface area contributed by atoms with Gasteiger partial charge in [0.05, 0.1) is 23.0 Å². The number of thiazole rings is 1. The molecule has 1 fully saturated rings. The maximum atomic E-state index is 5.23. The molecule has 0 bridgehead atoms. The zero-order valence-electron chi connectivity index (χ0n) is 10.0. The molecule has 0 radical (unpaired) electrons. The van der Waals surface area contributed by atoms with E-state index >= 15 is 0 Å². The number of hydrogen-bond donors (Lipinski definition) is 1. The fourth-order valence-corrected chi connectivity index (χ4v) is 3.11. The Balaban J connectivity index is 1.91. The standard InChI is InChI=1S/C11H14N4OS2/c1-16-5-4-15-9(13-14-11(15)17)8-6-12-10(18-8)7-2-3-7/h6-7H,2-5H2,1H3,(H,14,17). The van der Waals surface area contributed by atoms with Crippen LogP contribution in [0.2, 0.25) is 0 Å². The van der Waals surface area contributed by atoms with Crippen LogP contribution in [-0.2, 0) is 11.3 Å². The first-order valence-electron chi connectivity index (χ1n) is 5.90. The van der Waals surface area contributed by atoms with Crippen molar-refractivity contribution >= 4 is 23.6 Å². The number of methoxy groups -OCH3 is 1. The van der Waals surface area contributed by atoms with Crippen LogP contribution in [-0.4, -0.2) is 33.5 Å². The summed E-state index contributed by atoms with van der Waals surface area (Å²) in [4.78, 5) is 5.54. The Morgan fingerprint density at radius 2 is 2.44 bits per heavy atom. The van der Waals surface area contributed by atoms with E-state index in [1.807, 2.05) is 10.8 Å². The molecule has 0 unspecified atom stereocenters. The third-order valence-electron chi connectivity index (χ3n) is 2.95. The van der Waals surface area contributed by atoms with Gasteiger partial charge in [-0.1, -0.05) is 0 Å². The molecule has 7 heteroatoms. The second-order valence-electron chi connectivity index (χ2n) is 4.33. The van der Waals surface area contributed by atoms with E-state index in [-0.39, 0.29) is 0 Å². The van der Waals surface area contributed by atoms with E-state index in [9.17, 15) is 0 Å². The molecule has 2 aromatic rings. The fourth-order valence-electron chi connectivity index (χ4n) is 1.81. The number of nitrogens with zero attached hydrogens (tertiary/aromatic N) is 3. The van der Waals surface area contributed by atoms with Crippen molar-refractivity contribution in [2.45, 2.75) is 25.3 Å². The van der Waals surface area contributed by atoms with Gasteiger partial charge in [-0.15, -0.1) is 11.3 Å². The second kappa shape index (κ2) is 4.91. The van der Waals surface area contributed by atoms with E-state index in [1.54, 1.807) is 18.4 Å². The summed E-state index contributed by atoms with van der Waals surface area (Å²) in [5.41, 5.74) is 0. The van der Waals surface area contributed by atoms with Gasteiger partial charge >= 0.3 is 0 Å². The number of ether oxygens (including phenoxy) is 1. The molecule has 0 aliphatic heterocycles. The van der Waals surface area contributed by atoms with Crippen LogP contribution in [0, 0.1) is 4.77 Å². The van der Waals surface area contributed by atoms with Crippen molar-refractivity contribution in [1.29, 1.82) is 0 Å². The van der Waals surface area contributed by atoms with Gasteiger partial charge in [0, 0.05) is 19.2 Å². The Morgan fingerprint density at radius 3 is 3.17 bits per heavy atom. The van der Waals surface area contributed by atoms with E-state index in [1.165, 1.54) is 17.8 Å². The smallest absolute Gasteiger partial charge is 0.195 e. The molecule has 5 nitrogen and oxygen atoms in total. The lowest BCUT2D eigenvalue weighted by molar-refractivity contribution is 0.187. The van der Waals surface area contributed by atoms with Crippen molar-refractivity contribution in [3.63, 3.8) is 0 Å². The minimum atomic E-state index is 0.620. The molecular weight excluding hydrogens is 268 g/mol. The molecule has 1 aliphatic rings. The molecule has 0 amide bonds. The van der Waals surface area contributed by atoms with Crippen LogP contribution in [0.25, 0.3) is 10.7 Å². The van der Waals surface area contributed by atoms with Gasteiger partial charge < -0.3 is 4.74 Å². The summed E-state index contributed by atoms with van der Waals surface area (Å²) < 4.78 is 7.68. The van der Waals surface area contributed by atoms with Crippen LogP contribution >= 0.6 is 23.6 Å². The molecular formula is C11H14N4OS2. The lowest BCUT2D eigenvalue weighted by Gasteiger charge is -2.03. The predicted octanol–water partition coefficient (Wildman–Crippen LogP) is 2.59. The van der Waals surface area contributed by atoms with Gasteiger partial charge in [-0.2, -0.15) is 5.10 Å². The summed E-state index contributed by atoms with van der Waals surface area (Å²) in [5, 5.41) is 8.35. The second-order valence-corrected chi connectivity index (χ2v) is 5.78. The number of rotatable bonds is 5. The molecule has 1 N–H and O–H groups in total. The number of nitrogens with one attached hydrogen (secondary N) is 1. The summed E-state index contributed by atoms with van der Waals surface area (Å²) in [5.74, 6) is 1.54. The molecule has 3 rings (SSSR count). The van der Waals surface area contributed by atoms with Crippen LogP contribution in [0.5, 0.6) is 0 Å². The lowest BCUT2D eigenvalue weighted by atomic mass is 10.4. The van der Waals surface area contributed by atoms with Gasteiger partial charge in [0.2, 0.25) is 0 Å². The molecule has 2 heterocycles. The average molecular weight is 282 g/mol. The van der Waals surface area contributed by atoms with Crippen LogP contribution in [0.3, 0.4) is 0 Å². The molecule has 96 valence electrons. The van der Waals surface area contributed by atoms with E-state index in [2.05, 4.69) is 15.2 Å². The summed E-state index contributed by atoms with van der Waals surface area (Å²) in [6, 6.07) is 0. The number of aromatic amines is 1. The zero-order chi connectivity index (χ0) is 12.5. The number of H-pyrrole nitrogens is 1. The molecule has 0 atom stereocenters. The van der Waals surface area contributed by atoms with Gasteiger partial charge in [0.1, 0.15) is 0 Å². The Morgan fingerprint density at radius 1 is 1.61 bits per heavy atom. The maximum Gasteiger partial charge on any atom is 0.195 e. The highest BCUT2D eigenvalue weighted by molar-refractivity contribution is 7.71. The largest absolute Gasteiger partial charge is 0.383 e. The molecule has 0 spiro atoms. The summed E-state index contributed by atoms with van der Waals surface area (Å²) in [6.07, 6.45) is 4.43. The van der Waals surface area contributed by atoms with Crippen LogP contribution in [0.1, 0.15) is 23.8 Å². The third kappa shape index (κ3) is 2.25. The van der Waals surface area contributed by atoms with Crippen molar-refractivity contribution in [3.05, 3.63) is 16.0 Å². The third-order valence-corrected chi connectivity index (χ3v) is 4.42. The van der Waals surface area contributed by atoms with Crippen molar-refractivity contribution in [3.8, 4) is 10.7 Å². The molecule has 2 aromatic heterocycles. The first kappa shape index (κ1) is 12.0. The summed E-state index contributed by atoms with van der Waals surface area (Å²) >= 11 is 6.95. The molecule has 1 aliphatic carbocycles. The van der Waals surface area contributed by atoms with Crippen LogP contribution in [0.4, 0.5) is 0 Å². The number of hydrogen-bond acceptors (Lipinski definition) is 5. The Kier molecular flexibility index (Phi) is 3.27. The van der Waals surface area contributed by atoms with E-state index in [0.29, 0.717) is 23.8 Å². The highest BCUT2D eigenvalue weighted by Gasteiger charge is 2.27. The molecule has 18 heavy (non-hydrogen) atoms. The Hall–Kier alpha value is -1.05. The average Bonchev–Trinajstić information content (AvgIpc) is 3.00. The van der Waals surface area contributed by atoms with Crippen molar-refractivity contribution in [1.82, 2.24) is 19.7 Å². The maximum absolute atomic E-state index is 5.23. The highest BCUT2D eigenvalue weighted by Crippen LogP contribution is 2.43. The van der Waals surface area contributed by atoms with Crippen molar-refractivity contribution < 1.29 is 4.74 Å². The summed E-state index contributed by atoms with van der Waals surface area (Å²) in [7, 11) is 1.68. The van der Waals surface area contributed by atoms with E-state index in [0.717, 1.165) is 10.7 Å². The first-order valence-corrected chi connectivity index (χ1v) is 7.12. The Bertz CT molecular complexity index is 596. The molecule has 0 aromatic carbocycles. The topological polar surface area (TPSA) is 55.7 Å². The highest BCUT2D eigenvalue weighted by atomic mass is 32.1. The zero-order valence-corrected chi connectivity index (χ0v) is 11.7. The van der Waals surface area contributed by atoms with E-state index < -0.39 is 0 Å². The molecule has 0 saturated heterocycles. The minimum absolute atomic E-state index is 0.620. The Labute approximate surface area is 114 Å². The normalized spacial score (nSPS) is 15.2. The van der Waals surface area contributed by atoms with Crippen LogP contribution in [0.15, 0.2) is 6.20 Å². The van der Waals surface area contributed by atoms with Gasteiger partial charge in [0.15, 0.2) is 10.6 Å². The lowest BCUT2D eigenvalue weighted by Crippen LogP contribution is -2.05. The van der Waals surface area contributed by atoms with E-state index in [4.69, 9.17) is 17.0 Å². The van der Waals surface area contributed by atoms with Crippen molar-refractivity contribution in [2.24, 2.45) is 0 Å². The van der Waals surface area contributed by atoms with Gasteiger partial charge in [-0.25, -0.2) is 4.98 Å². The van der Waals surface area contributed by atoms with Gasteiger partial charge in [-0.05, 0) is 25.1 Å². The number of aromatic nitrogens is 4. The first-order chi connectivity index (χ1) is 8.79. The van der Waals surface area contributed by atoms with Crippen LogP contribution < -0.4 is 0 Å². The molecule has 1 saturated carbocycles. The van der Waals surface area contributed by atoms with Crippen molar-refractivity contribution in [2.75, 3.05) is 13.7 Å². The monoisotopic (exact) mass is 282 g/mol. The minimum Gasteiger partial charge on any atom is -0.383 e. The SMILES string of the molecule is COCCn1c(-c2cnc(C3CC3)s2)n[nH]c1=S.